The molecule has 4 N–H and O–H groups in total. The summed E-state index contributed by atoms with van der Waals surface area (Å²) in [7, 11) is -3.87. The van der Waals surface area contributed by atoms with Crippen LogP contribution in [0.4, 0.5) is 5.69 Å². The molecule has 0 amide bonds. The van der Waals surface area contributed by atoms with Crippen LogP contribution in [0.5, 0.6) is 0 Å². The summed E-state index contributed by atoms with van der Waals surface area (Å²) in [4.78, 5) is -0.0225. The molecule has 0 aliphatic rings. The van der Waals surface area contributed by atoms with Crippen LogP contribution < -0.4 is 10.9 Å². The van der Waals surface area contributed by atoms with Crippen molar-refractivity contribution in [2.24, 2.45) is 5.14 Å². The predicted octanol–water partition coefficient (Wildman–Crippen LogP) is 1.28. The number of aryl methyl sites for hydroxylation is 1. The van der Waals surface area contributed by atoms with Gasteiger partial charge in [0.25, 0.3) is 0 Å². The number of nitrogen functional groups attached to an aromatic ring is 1. The highest BCUT2D eigenvalue weighted by atomic mass is 32.2. The number of primary sulfonamides is 1. The zero-order valence-corrected chi connectivity index (χ0v) is 12.5. The van der Waals surface area contributed by atoms with Crippen LogP contribution in [-0.2, 0) is 16.4 Å². The molecule has 0 aliphatic carbocycles. The number of hydrogen-bond acceptors (Lipinski definition) is 4. The molecule has 0 bridgehead atoms. The Kier molecular flexibility index (Phi) is 3.58. The normalized spacial score (nSPS) is 11.8. The second-order valence-electron chi connectivity index (χ2n) is 4.69. The van der Waals surface area contributed by atoms with Crippen molar-refractivity contribution in [3.05, 3.63) is 35.2 Å². The Morgan fingerprint density at radius 2 is 1.95 bits per heavy atom. The maximum absolute atomic E-state index is 11.7. The van der Waals surface area contributed by atoms with Crippen LogP contribution in [0, 0.1) is 13.8 Å². The highest BCUT2D eigenvalue weighted by Crippen LogP contribution is 2.25. The molecule has 1 aromatic carbocycles. The van der Waals surface area contributed by atoms with Gasteiger partial charge in [-0.3, -0.25) is 0 Å². The first-order chi connectivity index (χ1) is 9.25. The van der Waals surface area contributed by atoms with Gasteiger partial charge in [0.05, 0.1) is 11.4 Å². The van der Waals surface area contributed by atoms with E-state index in [0.29, 0.717) is 11.4 Å². The average molecular weight is 294 g/mol. The van der Waals surface area contributed by atoms with Crippen LogP contribution in [0.3, 0.4) is 0 Å². The molecular weight excluding hydrogens is 276 g/mol. The SMILES string of the molecule is CCc1c(C)nn(-c2ccc(N)cc2S(N)(=O)=O)c1C. The van der Waals surface area contributed by atoms with Crippen molar-refractivity contribution >= 4 is 15.7 Å². The van der Waals surface area contributed by atoms with Crippen molar-refractivity contribution in [1.29, 1.82) is 0 Å². The monoisotopic (exact) mass is 294 g/mol. The van der Waals surface area contributed by atoms with Gasteiger partial charge in [-0.05, 0) is 44.0 Å². The molecule has 1 aromatic heterocycles. The lowest BCUT2D eigenvalue weighted by atomic mass is 10.1. The largest absolute Gasteiger partial charge is 0.399 e. The average Bonchev–Trinajstić information content (AvgIpc) is 2.63. The molecule has 0 radical (unpaired) electrons. The molecular formula is C13H18N4O2S. The van der Waals surface area contributed by atoms with E-state index in [4.69, 9.17) is 10.9 Å². The van der Waals surface area contributed by atoms with Crippen molar-refractivity contribution < 1.29 is 8.42 Å². The lowest BCUT2D eigenvalue weighted by Crippen LogP contribution is -2.16. The molecule has 0 saturated carbocycles. The summed E-state index contributed by atoms with van der Waals surface area (Å²) >= 11 is 0. The van der Waals surface area contributed by atoms with Crippen LogP contribution in [0.1, 0.15) is 23.9 Å². The molecule has 7 heteroatoms. The van der Waals surface area contributed by atoms with Gasteiger partial charge < -0.3 is 5.73 Å². The van der Waals surface area contributed by atoms with Crippen molar-refractivity contribution in [3.8, 4) is 5.69 Å². The van der Waals surface area contributed by atoms with Crippen LogP contribution >= 0.6 is 0 Å². The summed E-state index contributed by atoms with van der Waals surface area (Å²) < 4.78 is 25.1. The first-order valence-electron chi connectivity index (χ1n) is 6.23. The molecule has 6 nitrogen and oxygen atoms in total. The van der Waals surface area contributed by atoms with Gasteiger partial charge in [0, 0.05) is 11.4 Å². The number of sulfonamides is 1. The number of nitrogens with two attached hydrogens (primary N) is 2. The first kappa shape index (κ1) is 14.5. The Morgan fingerprint density at radius 3 is 2.45 bits per heavy atom. The third-order valence-corrected chi connectivity index (χ3v) is 4.25. The van der Waals surface area contributed by atoms with Gasteiger partial charge in [-0.1, -0.05) is 6.92 Å². The maximum atomic E-state index is 11.7. The number of nitrogens with zero attached hydrogens (tertiary/aromatic N) is 2. The summed E-state index contributed by atoms with van der Waals surface area (Å²) in [6.07, 6.45) is 0.831. The lowest BCUT2D eigenvalue weighted by Gasteiger charge is -2.11. The lowest BCUT2D eigenvalue weighted by molar-refractivity contribution is 0.596. The van der Waals surface area contributed by atoms with Crippen molar-refractivity contribution in [2.45, 2.75) is 32.1 Å². The first-order valence-corrected chi connectivity index (χ1v) is 7.78. The van der Waals surface area contributed by atoms with E-state index in [1.807, 2.05) is 20.8 Å². The Hall–Kier alpha value is -1.86. The van der Waals surface area contributed by atoms with Gasteiger partial charge in [0.1, 0.15) is 4.90 Å². The minimum atomic E-state index is -3.87. The highest BCUT2D eigenvalue weighted by Gasteiger charge is 2.19. The number of aromatic nitrogens is 2. The van der Waals surface area contributed by atoms with E-state index in [1.54, 1.807) is 16.8 Å². The minimum Gasteiger partial charge on any atom is -0.399 e. The van der Waals surface area contributed by atoms with Gasteiger partial charge >= 0.3 is 0 Å². The smallest absolute Gasteiger partial charge is 0.240 e. The minimum absolute atomic E-state index is 0.0225. The van der Waals surface area contributed by atoms with E-state index in [0.717, 1.165) is 23.4 Å². The molecule has 2 rings (SSSR count). The molecule has 20 heavy (non-hydrogen) atoms. The Bertz CT molecular complexity index is 763. The molecule has 0 spiro atoms. The summed E-state index contributed by atoms with van der Waals surface area (Å²) in [6.45, 7) is 5.84. The van der Waals surface area contributed by atoms with Crippen molar-refractivity contribution in [1.82, 2.24) is 9.78 Å². The summed E-state index contributed by atoms with van der Waals surface area (Å²) in [5.74, 6) is 0. The second kappa shape index (κ2) is 4.92. The molecule has 0 unspecified atom stereocenters. The van der Waals surface area contributed by atoms with Crippen LogP contribution in [-0.4, -0.2) is 18.2 Å². The van der Waals surface area contributed by atoms with Gasteiger partial charge in [0.15, 0.2) is 0 Å². The standard InChI is InChI=1S/C13H18N4O2S/c1-4-11-8(2)16-17(9(11)3)12-6-5-10(14)7-13(12)20(15,18)19/h5-7H,4,14H2,1-3H3,(H2,15,18,19). The second-order valence-corrected chi connectivity index (χ2v) is 6.22. The molecule has 1 heterocycles. The van der Waals surface area contributed by atoms with Gasteiger partial charge in [0.2, 0.25) is 10.0 Å². The molecule has 2 aromatic rings. The number of rotatable bonds is 3. The predicted molar refractivity (Wildman–Crippen MR) is 78.2 cm³/mol. The highest BCUT2D eigenvalue weighted by molar-refractivity contribution is 7.89. The summed E-state index contributed by atoms with van der Waals surface area (Å²) in [5, 5.41) is 9.68. The fourth-order valence-electron chi connectivity index (χ4n) is 2.35. The molecule has 0 aliphatic heterocycles. The zero-order chi connectivity index (χ0) is 15.1. The zero-order valence-electron chi connectivity index (χ0n) is 11.7. The topological polar surface area (TPSA) is 104 Å². The third-order valence-electron chi connectivity index (χ3n) is 3.31. The van der Waals surface area contributed by atoms with Gasteiger partial charge in [-0.15, -0.1) is 0 Å². The van der Waals surface area contributed by atoms with E-state index < -0.39 is 10.0 Å². The molecule has 0 atom stereocenters. The fourth-order valence-corrected chi connectivity index (χ4v) is 3.10. The van der Waals surface area contributed by atoms with Gasteiger partial charge in [-0.25, -0.2) is 18.2 Å². The maximum Gasteiger partial charge on any atom is 0.240 e. The van der Waals surface area contributed by atoms with Crippen LogP contribution in [0.2, 0.25) is 0 Å². The number of hydrogen-bond donors (Lipinski definition) is 2. The van der Waals surface area contributed by atoms with Crippen LogP contribution in [0.25, 0.3) is 5.69 Å². The fraction of sp³-hybridized carbons (Fsp3) is 0.308. The third kappa shape index (κ3) is 2.41. The van der Waals surface area contributed by atoms with Crippen molar-refractivity contribution in [3.63, 3.8) is 0 Å². The van der Waals surface area contributed by atoms with Crippen LogP contribution in [0.15, 0.2) is 23.1 Å². The van der Waals surface area contributed by atoms with E-state index in [1.165, 1.54) is 6.07 Å². The quantitative estimate of drug-likeness (QED) is 0.832. The van der Waals surface area contributed by atoms with E-state index in [-0.39, 0.29) is 4.90 Å². The Morgan fingerprint density at radius 1 is 1.30 bits per heavy atom. The number of anilines is 1. The van der Waals surface area contributed by atoms with E-state index >= 15 is 0 Å². The summed E-state index contributed by atoms with van der Waals surface area (Å²) in [6, 6.07) is 4.60. The molecule has 0 fully saturated rings. The van der Waals surface area contributed by atoms with Gasteiger partial charge in [-0.2, -0.15) is 5.10 Å². The van der Waals surface area contributed by atoms with Crippen molar-refractivity contribution in [2.75, 3.05) is 5.73 Å². The molecule has 0 saturated heterocycles. The summed E-state index contributed by atoms with van der Waals surface area (Å²) in [5.41, 5.74) is 9.29. The Labute approximate surface area is 118 Å². The van der Waals surface area contributed by atoms with E-state index in [9.17, 15) is 8.42 Å². The number of benzene rings is 1. The Balaban J connectivity index is 2.77. The molecule has 108 valence electrons. The van der Waals surface area contributed by atoms with E-state index in [2.05, 4.69) is 5.10 Å².